The van der Waals surface area contributed by atoms with Crippen LogP contribution in [0.2, 0.25) is 10.0 Å². The summed E-state index contributed by atoms with van der Waals surface area (Å²) in [5.41, 5.74) is 8.52. The molecule has 28 heavy (non-hydrogen) atoms. The van der Waals surface area contributed by atoms with Gasteiger partial charge in [0.2, 0.25) is 0 Å². The highest BCUT2D eigenvalue weighted by molar-refractivity contribution is 6.33. The Morgan fingerprint density at radius 2 is 1.57 bits per heavy atom. The number of hydrogen-bond donors (Lipinski definition) is 1. The van der Waals surface area contributed by atoms with E-state index in [1.165, 1.54) is 4.68 Å². The summed E-state index contributed by atoms with van der Waals surface area (Å²) in [5, 5.41) is 5.00. The highest BCUT2D eigenvalue weighted by Crippen LogP contribution is 2.25. The first-order valence-electron chi connectivity index (χ1n) is 8.92. The molecule has 0 spiro atoms. The maximum Gasteiger partial charge on any atom is 0.292 e. The first-order chi connectivity index (χ1) is 13.5. The normalized spacial score (nSPS) is 14.4. The smallest absolute Gasteiger partial charge is 0.292 e. The van der Waals surface area contributed by atoms with Gasteiger partial charge in [-0.15, -0.1) is 0 Å². The van der Waals surface area contributed by atoms with Gasteiger partial charge in [-0.1, -0.05) is 29.3 Å². The van der Waals surface area contributed by atoms with Crippen molar-refractivity contribution in [1.29, 1.82) is 0 Å². The monoisotopic (exact) mass is 415 g/mol. The SMILES string of the molecule is Nc1ccc(N2CCN(c3cnn(-c4cccc(Cl)c4)c(=O)c3Cl)CC2)cc1. The molecule has 4 rings (SSSR count). The van der Waals surface area contributed by atoms with Crippen molar-refractivity contribution in [1.82, 2.24) is 9.78 Å². The third kappa shape index (κ3) is 3.66. The number of halogens is 2. The van der Waals surface area contributed by atoms with Crippen LogP contribution < -0.4 is 21.1 Å². The van der Waals surface area contributed by atoms with Gasteiger partial charge in [0.1, 0.15) is 5.02 Å². The minimum atomic E-state index is -0.359. The van der Waals surface area contributed by atoms with Crippen LogP contribution in [0.4, 0.5) is 17.1 Å². The van der Waals surface area contributed by atoms with Gasteiger partial charge in [-0.2, -0.15) is 9.78 Å². The van der Waals surface area contributed by atoms with Crippen molar-refractivity contribution in [2.45, 2.75) is 0 Å². The van der Waals surface area contributed by atoms with E-state index in [1.807, 2.05) is 24.3 Å². The van der Waals surface area contributed by atoms with Gasteiger partial charge in [0.15, 0.2) is 0 Å². The molecule has 1 aliphatic rings. The molecule has 2 aromatic carbocycles. The summed E-state index contributed by atoms with van der Waals surface area (Å²) in [6.07, 6.45) is 1.64. The Labute approximate surface area is 172 Å². The standard InChI is InChI=1S/C20H19Cl2N5O/c21-14-2-1-3-17(12-14)27-20(28)19(22)18(13-24-27)26-10-8-25(9-11-26)16-6-4-15(23)5-7-16/h1-7,12-13H,8-11,23H2. The first kappa shape index (κ1) is 18.7. The lowest BCUT2D eigenvalue weighted by Crippen LogP contribution is -2.47. The Hall–Kier alpha value is -2.70. The molecule has 1 aliphatic heterocycles. The quantitative estimate of drug-likeness (QED) is 0.663. The van der Waals surface area contributed by atoms with E-state index in [-0.39, 0.29) is 10.6 Å². The van der Waals surface area contributed by atoms with Crippen molar-refractivity contribution < 1.29 is 0 Å². The first-order valence-corrected chi connectivity index (χ1v) is 9.68. The van der Waals surface area contributed by atoms with Crippen LogP contribution in [-0.2, 0) is 0 Å². The minimum absolute atomic E-state index is 0.163. The van der Waals surface area contributed by atoms with Crippen LogP contribution in [0.15, 0.2) is 59.5 Å². The zero-order chi connectivity index (χ0) is 19.7. The van der Waals surface area contributed by atoms with Crippen LogP contribution in [-0.4, -0.2) is 36.0 Å². The van der Waals surface area contributed by atoms with E-state index in [0.717, 1.165) is 37.6 Å². The van der Waals surface area contributed by atoms with Crippen LogP contribution in [0.3, 0.4) is 0 Å². The average molecular weight is 416 g/mol. The predicted octanol–water partition coefficient (Wildman–Crippen LogP) is 3.45. The highest BCUT2D eigenvalue weighted by Gasteiger charge is 2.21. The largest absolute Gasteiger partial charge is 0.399 e. The fraction of sp³-hybridized carbons (Fsp3) is 0.200. The number of hydrogen-bond acceptors (Lipinski definition) is 5. The number of anilines is 3. The minimum Gasteiger partial charge on any atom is -0.399 e. The Balaban J connectivity index is 1.53. The lowest BCUT2D eigenvalue weighted by molar-refractivity contribution is 0.649. The van der Waals surface area contributed by atoms with Crippen molar-refractivity contribution in [2.75, 3.05) is 41.7 Å². The summed E-state index contributed by atoms with van der Waals surface area (Å²) in [6, 6.07) is 14.8. The van der Waals surface area contributed by atoms with Crippen LogP contribution in [0.25, 0.3) is 5.69 Å². The number of nitrogens with two attached hydrogens (primary N) is 1. The molecule has 0 radical (unpaired) electrons. The molecule has 0 bridgehead atoms. The van der Waals surface area contributed by atoms with E-state index < -0.39 is 0 Å². The Morgan fingerprint density at radius 3 is 2.25 bits per heavy atom. The second kappa shape index (κ2) is 7.73. The molecule has 2 N–H and O–H groups in total. The number of benzene rings is 2. The lowest BCUT2D eigenvalue weighted by atomic mass is 10.2. The summed E-state index contributed by atoms with van der Waals surface area (Å²) in [7, 11) is 0. The third-order valence-corrected chi connectivity index (χ3v) is 5.42. The maximum absolute atomic E-state index is 12.7. The summed E-state index contributed by atoms with van der Waals surface area (Å²) < 4.78 is 1.27. The van der Waals surface area contributed by atoms with Gasteiger partial charge in [0.05, 0.1) is 17.6 Å². The Bertz CT molecular complexity index is 1040. The lowest BCUT2D eigenvalue weighted by Gasteiger charge is -2.37. The molecular formula is C20H19Cl2N5O. The van der Waals surface area contributed by atoms with Crippen molar-refractivity contribution >= 4 is 40.3 Å². The molecule has 3 aromatic rings. The second-order valence-corrected chi connectivity index (χ2v) is 7.42. The molecular weight excluding hydrogens is 397 g/mol. The number of nitrogen functional groups attached to an aromatic ring is 1. The van der Waals surface area contributed by atoms with Gasteiger partial charge >= 0.3 is 0 Å². The van der Waals surface area contributed by atoms with Gasteiger partial charge in [-0.3, -0.25) is 4.79 Å². The number of piperazine rings is 1. The number of rotatable bonds is 3. The van der Waals surface area contributed by atoms with Gasteiger partial charge in [0, 0.05) is 42.6 Å². The molecule has 2 heterocycles. The molecule has 0 unspecified atom stereocenters. The average Bonchev–Trinajstić information content (AvgIpc) is 2.71. The van der Waals surface area contributed by atoms with Crippen LogP contribution >= 0.6 is 23.2 Å². The molecule has 1 fully saturated rings. The predicted molar refractivity (Wildman–Crippen MR) is 115 cm³/mol. The molecule has 0 atom stereocenters. The summed E-state index contributed by atoms with van der Waals surface area (Å²) in [5.74, 6) is 0. The molecule has 0 amide bonds. The van der Waals surface area contributed by atoms with Crippen LogP contribution in [0, 0.1) is 0 Å². The molecule has 0 aliphatic carbocycles. The van der Waals surface area contributed by atoms with E-state index in [9.17, 15) is 4.79 Å². The zero-order valence-corrected chi connectivity index (χ0v) is 16.6. The van der Waals surface area contributed by atoms with Gasteiger partial charge < -0.3 is 15.5 Å². The molecule has 6 nitrogen and oxygen atoms in total. The molecule has 1 saturated heterocycles. The zero-order valence-electron chi connectivity index (χ0n) is 15.1. The summed E-state index contributed by atoms with van der Waals surface area (Å²) >= 11 is 12.4. The van der Waals surface area contributed by atoms with Crippen molar-refractivity contribution in [2.24, 2.45) is 0 Å². The maximum atomic E-state index is 12.7. The molecule has 8 heteroatoms. The third-order valence-electron chi connectivity index (χ3n) is 4.83. The second-order valence-electron chi connectivity index (χ2n) is 6.61. The molecule has 0 saturated carbocycles. The fourth-order valence-corrected chi connectivity index (χ4v) is 3.76. The van der Waals surface area contributed by atoms with Gasteiger partial charge in [-0.05, 0) is 42.5 Å². The van der Waals surface area contributed by atoms with Crippen LogP contribution in [0.1, 0.15) is 0 Å². The van der Waals surface area contributed by atoms with Gasteiger partial charge in [0.25, 0.3) is 5.56 Å². The molecule has 144 valence electrons. The number of aromatic nitrogens is 2. The Kier molecular flexibility index (Phi) is 5.15. The topological polar surface area (TPSA) is 67.4 Å². The van der Waals surface area contributed by atoms with Crippen molar-refractivity contribution in [3.63, 3.8) is 0 Å². The van der Waals surface area contributed by atoms with E-state index >= 15 is 0 Å². The fourth-order valence-electron chi connectivity index (χ4n) is 3.33. The van der Waals surface area contributed by atoms with E-state index in [0.29, 0.717) is 16.4 Å². The highest BCUT2D eigenvalue weighted by atomic mass is 35.5. The van der Waals surface area contributed by atoms with E-state index in [4.69, 9.17) is 28.9 Å². The molecule has 1 aromatic heterocycles. The van der Waals surface area contributed by atoms with Gasteiger partial charge in [-0.25, -0.2) is 0 Å². The van der Waals surface area contributed by atoms with Crippen molar-refractivity contribution in [3.05, 3.63) is 75.1 Å². The van der Waals surface area contributed by atoms with E-state index in [1.54, 1.807) is 30.5 Å². The van der Waals surface area contributed by atoms with E-state index in [2.05, 4.69) is 14.9 Å². The number of nitrogens with zero attached hydrogens (tertiary/aromatic N) is 4. The summed E-state index contributed by atoms with van der Waals surface area (Å²) in [4.78, 5) is 17.1. The van der Waals surface area contributed by atoms with Crippen LogP contribution in [0.5, 0.6) is 0 Å². The van der Waals surface area contributed by atoms with Crippen molar-refractivity contribution in [3.8, 4) is 5.69 Å². The Morgan fingerprint density at radius 1 is 0.893 bits per heavy atom. The summed E-state index contributed by atoms with van der Waals surface area (Å²) in [6.45, 7) is 3.12.